The first kappa shape index (κ1) is 34.5. The van der Waals surface area contributed by atoms with Crippen molar-refractivity contribution in [2.24, 2.45) is 0 Å². The number of benzene rings is 1. The van der Waals surface area contributed by atoms with E-state index in [0.717, 1.165) is 11.3 Å². The average molecular weight is 700 g/mol. The summed E-state index contributed by atoms with van der Waals surface area (Å²) in [5, 5.41) is 6.15. The Labute approximate surface area is 293 Å². The van der Waals surface area contributed by atoms with Gasteiger partial charge in [0, 0.05) is 63.5 Å². The zero-order chi connectivity index (χ0) is 35.4. The summed E-state index contributed by atoms with van der Waals surface area (Å²) in [5.41, 5.74) is 2.68. The van der Waals surface area contributed by atoms with Crippen LogP contribution in [0.15, 0.2) is 60.9 Å². The number of ether oxygens (including phenoxy) is 1. The minimum absolute atomic E-state index is 0.0159. The van der Waals surface area contributed by atoms with Crippen LogP contribution >= 0.6 is 11.3 Å². The Morgan fingerprint density at radius 2 is 1.88 bits per heavy atom. The van der Waals surface area contributed by atoms with Gasteiger partial charge in [-0.1, -0.05) is 29.5 Å². The number of rotatable bonds is 11. The monoisotopic (exact) mass is 699 g/mol. The van der Waals surface area contributed by atoms with Crippen molar-refractivity contribution in [1.82, 2.24) is 24.8 Å². The predicted molar refractivity (Wildman–Crippen MR) is 192 cm³/mol. The molecule has 6 rings (SSSR count). The van der Waals surface area contributed by atoms with E-state index in [1.165, 1.54) is 19.4 Å². The number of pyridine rings is 2. The first-order valence-corrected chi connectivity index (χ1v) is 16.9. The van der Waals surface area contributed by atoms with Gasteiger partial charge >= 0.3 is 0 Å². The lowest BCUT2D eigenvalue weighted by atomic mass is 10.1. The number of aromatic nitrogens is 3. The van der Waals surface area contributed by atoms with Crippen LogP contribution in [0.1, 0.15) is 21.7 Å². The fourth-order valence-electron chi connectivity index (χ4n) is 5.57. The van der Waals surface area contributed by atoms with Gasteiger partial charge in [-0.3, -0.25) is 14.4 Å². The van der Waals surface area contributed by atoms with Crippen molar-refractivity contribution in [2.45, 2.75) is 13.3 Å². The number of piperazine rings is 1. The maximum absolute atomic E-state index is 14.3. The second kappa shape index (κ2) is 15.0. The molecular weight excluding hydrogens is 662 g/mol. The Kier molecular flexibility index (Phi) is 10.3. The molecule has 13 nitrogen and oxygen atoms in total. The van der Waals surface area contributed by atoms with E-state index in [9.17, 15) is 18.8 Å². The van der Waals surface area contributed by atoms with Gasteiger partial charge in [-0.2, -0.15) is 0 Å². The van der Waals surface area contributed by atoms with Gasteiger partial charge in [0.25, 0.3) is 5.91 Å². The Bertz CT molecular complexity index is 1920. The van der Waals surface area contributed by atoms with Crippen LogP contribution in [0.25, 0.3) is 11.3 Å². The molecule has 0 spiro atoms. The Morgan fingerprint density at radius 3 is 2.56 bits per heavy atom. The number of hydrogen-bond donors (Lipinski definition) is 2. The first-order chi connectivity index (χ1) is 24.1. The van der Waals surface area contributed by atoms with Crippen LogP contribution in [-0.4, -0.2) is 103 Å². The van der Waals surface area contributed by atoms with E-state index in [1.54, 1.807) is 48.4 Å². The van der Waals surface area contributed by atoms with Gasteiger partial charge in [0.1, 0.15) is 10.7 Å². The molecule has 2 fully saturated rings. The number of β-lactam (4-membered cyclic amide) rings is 1. The summed E-state index contributed by atoms with van der Waals surface area (Å²) in [6, 6.07) is 10.1. The average Bonchev–Trinajstić information content (AvgIpc) is 3.57. The van der Waals surface area contributed by atoms with Crippen molar-refractivity contribution >= 4 is 57.2 Å². The van der Waals surface area contributed by atoms with Crippen molar-refractivity contribution in [3.63, 3.8) is 0 Å². The molecular formula is C35H38FN9O4S. The maximum atomic E-state index is 14.3. The second-order valence-corrected chi connectivity index (χ2v) is 13.2. The van der Waals surface area contributed by atoms with Gasteiger partial charge < -0.3 is 35.0 Å². The van der Waals surface area contributed by atoms with Crippen LogP contribution in [-0.2, 0) is 9.59 Å². The molecule has 4 aromatic rings. The molecule has 3 amide bonds. The number of methoxy groups -OCH3 is 1. The number of nitrogens with zero attached hydrogens (tertiary/aromatic N) is 7. The molecule has 0 aliphatic carbocycles. The largest absolute Gasteiger partial charge is 0.493 e. The molecule has 15 heteroatoms. The fraction of sp³-hybridized carbons (Fsp3) is 0.314. The zero-order valence-corrected chi connectivity index (χ0v) is 29.1. The number of likely N-dealkylation sites (N-methyl/N-ethyl adjacent to an activating group) is 1. The molecule has 3 aromatic heterocycles. The number of carbonyl (C=O) groups excluding carboxylic acids is 3. The highest BCUT2D eigenvalue weighted by molar-refractivity contribution is 7.17. The van der Waals surface area contributed by atoms with E-state index < -0.39 is 11.7 Å². The number of carbonyl (C=O) groups is 3. The molecule has 2 saturated heterocycles. The maximum Gasteiger partial charge on any atom is 0.267 e. The van der Waals surface area contributed by atoms with Gasteiger partial charge in [-0.15, -0.1) is 0 Å². The first-order valence-electron chi connectivity index (χ1n) is 16.1. The standard InChI is InChI=1S/C35H38FN9O4S/c1-22-7-5-8-24(36)31(22)40-34(48)28-21-38-35(50-28)41-32-27(49-4)11-10-25(39-32)23-19-26(45-14-12-30(45)47)33(37-20-23)44-17-15-43(16-18-44)29(46)9-6-13-42(2)3/h5-11,19-21H,12-18H2,1-4H3,(H,40,48)(H,38,39,41)/b9-6+. The smallest absolute Gasteiger partial charge is 0.267 e. The number of para-hydroxylation sites is 1. The third-order valence-electron chi connectivity index (χ3n) is 8.40. The van der Waals surface area contributed by atoms with E-state index in [2.05, 4.69) is 20.5 Å². The number of aryl methyl sites for hydroxylation is 1. The lowest BCUT2D eigenvalue weighted by Gasteiger charge is -2.39. The molecule has 5 heterocycles. The van der Waals surface area contributed by atoms with E-state index in [4.69, 9.17) is 14.7 Å². The SMILES string of the molecule is COc1ccc(-c2cnc(N3CCN(C(=O)/C=C/CN(C)C)CC3)c(N3CCC3=O)c2)nc1Nc1ncc(C(=O)Nc2c(C)cccc2F)s1. The molecule has 260 valence electrons. The third kappa shape index (κ3) is 7.58. The van der Waals surface area contributed by atoms with Gasteiger partial charge in [-0.25, -0.2) is 19.3 Å². The van der Waals surface area contributed by atoms with Crippen molar-refractivity contribution < 1.29 is 23.5 Å². The number of nitrogens with one attached hydrogen (secondary N) is 2. The molecule has 2 aliphatic rings. The van der Waals surface area contributed by atoms with Gasteiger partial charge in [-0.05, 0) is 50.8 Å². The number of amides is 3. The molecule has 0 atom stereocenters. The van der Waals surface area contributed by atoms with Crippen LogP contribution in [0.5, 0.6) is 5.75 Å². The second-order valence-electron chi connectivity index (χ2n) is 12.1. The Morgan fingerprint density at radius 1 is 1.08 bits per heavy atom. The molecule has 2 N–H and O–H groups in total. The van der Waals surface area contributed by atoms with Crippen molar-refractivity contribution in [2.75, 3.05) is 80.9 Å². The summed E-state index contributed by atoms with van der Waals surface area (Å²) in [6.07, 6.45) is 7.08. The van der Waals surface area contributed by atoms with Gasteiger partial charge in [0.2, 0.25) is 11.8 Å². The van der Waals surface area contributed by atoms with Crippen LogP contribution in [0.2, 0.25) is 0 Å². The molecule has 0 saturated carbocycles. The van der Waals surface area contributed by atoms with Crippen LogP contribution < -0.4 is 25.2 Å². The summed E-state index contributed by atoms with van der Waals surface area (Å²) in [4.78, 5) is 60.1. The topological polar surface area (TPSA) is 136 Å². The summed E-state index contributed by atoms with van der Waals surface area (Å²) in [7, 11) is 5.43. The minimum atomic E-state index is -0.519. The van der Waals surface area contributed by atoms with E-state index in [-0.39, 0.29) is 22.4 Å². The number of anilines is 5. The molecule has 0 radical (unpaired) electrons. The molecule has 0 unspecified atom stereocenters. The fourth-order valence-corrected chi connectivity index (χ4v) is 6.28. The summed E-state index contributed by atoms with van der Waals surface area (Å²) < 4.78 is 19.8. The quantitative estimate of drug-likeness (QED) is 0.170. The van der Waals surface area contributed by atoms with Crippen molar-refractivity contribution in [3.05, 3.63) is 77.2 Å². The molecule has 1 aromatic carbocycles. The number of thiazole rings is 1. The van der Waals surface area contributed by atoms with Crippen LogP contribution in [0.4, 0.5) is 32.5 Å². The molecule has 0 bridgehead atoms. The van der Waals surface area contributed by atoms with Crippen LogP contribution in [0.3, 0.4) is 0 Å². The lowest BCUT2D eigenvalue weighted by molar-refractivity contribution is -0.126. The number of hydrogen-bond acceptors (Lipinski definition) is 11. The van der Waals surface area contributed by atoms with Crippen molar-refractivity contribution in [1.29, 1.82) is 0 Å². The summed E-state index contributed by atoms with van der Waals surface area (Å²) in [5.74, 6) is 0.492. The normalized spacial score (nSPS) is 14.7. The highest BCUT2D eigenvalue weighted by Crippen LogP contribution is 2.37. The number of halogens is 1. The van der Waals surface area contributed by atoms with E-state index >= 15 is 0 Å². The highest BCUT2D eigenvalue weighted by atomic mass is 32.1. The molecule has 2 aliphatic heterocycles. The van der Waals surface area contributed by atoms with Gasteiger partial charge in [0.15, 0.2) is 22.5 Å². The lowest BCUT2D eigenvalue weighted by Crippen LogP contribution is -2.50. The van der Waals surface area contributed by atoms with Crippen LogP contribution in [0, 0.1) is 12.7 Å². The Balaban J connectivity index is 1.20. The van der Waals surface area contributed by atoms with E-state index in [1.807, 2.05) is 36.0 Å². The third-order valence-corrected chi connectivity index (χ3v) is 9.31. The Hall–Kier alpha value is -5.41. The minimum Gasteiger partial charge on any atom is -0.493 e. The summed E-state index contributed by atoms with van der Waals surface area (Å²) >= 11 is 1.08. The van der Waals surface area contributed by atoms with Gasteiger partial charge in [0.05, 0.1) is 30.4 Å². The molecule has 50 heavy (non-hydrogen) atoms. The summed E-state index contributed by atoms with van der Waals surface area (Å²) in [6.45, 7) is 5.24. The zero-order valence-electron chi connectivity index (χ0n) is 28.3. The predicted octanol–water partition coefficient (Wildman–Crippen LogP) is 4.56. The van der Waals surface area contributed by atoms with E-state index in [0.29, 0.717) is 90.7 Å². The highest BCUT2D eigenvalue weighted by Gasteiger charge is 2.31. The van der Waals surface area contributed by atoms with Crippen molar-refractivity contribution in [3.8, 4) is 17.0 Å².